The second kappa shape index (κ2) is 6.57. The zero-order valence-electron chi connectivity index (χ0n) is 9.35. The van der Waals surface area contributed by atoms with Gasteiger partial charge < -0.3 is 10.1 Å². The van der Waals surface area contributed by atoms with Crippen LogP contribution < -0.4 is 10.1 Å². The highest BCUT2D eigenvalue weighted by molar-refractivity contribution is 6.30. The van der Waals surface area contributed by atoms with Crippen LogP contribution in [-0.4, -0.2) is 13.2 Å². The third-order valence-electron chi connectivity index (χ3n) is 1.97. The lowest BCUT2D eigenvalue weighted by Crippen LogP contribution is -2.03. The summed E-state index contributed by atoms with van der Waals surface area (Å²) in [6.45, 7) is 5.89. The zero-order valence-corrected chi connectivity index (χ0v) is 10.1. The molecule has 1 aromatic carbocycles. The standard InChI is InChI=1S/C12H18ClNO/c1-3-7-14-11-9-10(13)5-6-12(11)15-8-4-2/h5-6,9,14H,3-4,7-8H2,1-2H3. The van der Waals surface area contributed by atoms with Crippen molar-refractivity contribution in [2.75, 3.05) is 18.5 Å². The van der Waals surface area contributed by atoms with Crippen LogP contribution in [0.4, 0.5) is 5.69 Å². The minimum absolute atomic E-state index is 0.734. The number of hydrogen-bond acceptors (Lipinski definition) is 2. The highest BCUT2D eigenvalue weighted by Crippen LogP contribution is 2.28. The fraction of sp³-hybridized carbons (Fsp3) is 0.500. The summed E-state index contributed by atoms with van der Waals surface area (Å²) in [7, 11) is 0. The molecule has 0 heterocycles. The lowest BCUT2D eigenvalue weighted by atomic mass is 10.3. The number of rotatable bonds is 6. The first kappa shape index (κ1) is 12.2. The molecule has 1 aromatic rings. The fourth-order valence-electron chi connectivity index (χ4n) is 1.24. The van der Waals surface area contributed by atoms with Crippen molar-refractivity contribution in [1.29, 1.82) is 0 Å². The van der Waals surface area contributed by atoms with Crippen LogP contribution in [0.25, 0.3) is 0 Å². The van der Waals surface area contributed by atoms with Crippen LogP contribution in [-0.2, 0) is 0 Å². The summed E-state index contributed by atoms with van der Waals surface area (Å²) in [5.41, 5.74) is 0.984. The summed E-state index contributed by atoms with van der Waals surface area (Å²) in [6, 6.07) is 5.67. The maximum Gasteiger partial charge on any atom is 0.142 e. The molecule has 0 aromatic heterocycles. The van der Waals surface area contributed by atoms with Gasteiger partial charge in [0.2, 0.25) is 0 Å². The first-order valence-corrected chi connectivity index (χ1v) is 5.82. The van der Waals surface area contributed by atoms with E-state index in [0.717, 1.165) is 42.5 Å². The normalized spacial score (nSPS) is 10.1. The molecule has 2 nitrogen and oxygen atoms in total. The van der Waals surface area contributed by atoms with Crippen LogP contribution >= 0.6 is 11.6 Å². The maximum absolute atomic E-state index is 5.93. The SMILES string of the molecule is CCCNc1cc(Cl)ccc1OCCC. The molecule has 0 spiro atoms. The first-order valence-electron chi connectivity index (χ1n) is 5.44. The van der Waals surface area contributed by atoms with E-state index in [1.54, 1.807) is 0 Å². The smallest absolute Gasteiger partial charge is 0.142 e. The summed E-state index contributed by atoms with van der Waals surface area (Å²) < 4.78 is 5.62. The van der Waals surface area contributed by atoms with Gasteiger partial charge in [-0.2, -0.15) is 0 Å². The average molecular weight is 228 g/mol. The van der Waals surface area contributed by atoms with E-state index in [1.807, 2.05) is 18.2 Å². The van der Waals surface area contributed by atoms with E-state index in [9.17, 15) is 0 Å². The van der Waals surface area contributed by atoms with Crippen LogP contribution in [0.2, 0.25) is 5.02 Å². The number of ether oxygens (including phenoxy) is 1. The van der Waals surface area contributed by atoms with Gasteiger partial charge in [-0.25, -0.2) is 0 Å². The van der Waals surface area contributed by atoms with Crippen LogP contribution in [0.15, 0.2) is 18.2 Å². The van der Waals surface area contributed by atoms with E-state index >= 15 is 0 Å². The maximum atomic E-state index is 5.93. The highest BCUT2D eigenvalue weighted by atomic mass is 35.5. The van der Waals surface area contributed by atoms with E-state index in [2.05, 4.69) is 19.2 Å². The molecular weight excluding hydrogens is 210 g/mol. The van der Waals surface area contributed by atoms with Crippen molar-refractivity contribution in [2.45, 2.75) is 26.7 Å². The van der Waals surface area contributed by atoms with Gasteiger partial charge in [-0.05, 0) is 31.0 Å². The predicted octanol–water partition coefficient (Wildman–Crippen LogP) is 3.95. The van der Waals surface area contributed by atoms with Gasteiger partial charge in [0, 0.05) is 11.6 Å². The first-order chi connectivity index (χ1) is 7.27. The molecule has 1 N–H and O–H groups in total. The van der Waals surface area contributed by atoms with E-state index < -0.39 is 0 Å². The second-order valence-corrected chi connectivity index (χ2v) is 3.85. The molecule has 0 saturated heterocycles. The predicted molar refractivity (Wildman–Crippen MR) is 66.0 cm³/mol. The Morgan fingerprint density at radius 3 is 2.73 bits per heavy atom. The van der Waals surface area contributed by atoms with Crippen molar-refractivity contribution >= 4 is 17.3 Å². The van der Waals surface area contributed by atoms with E-state index in [1.165, 1.54) is 0 Å². The Kier molecular flexibility index (Phi) is 5.33. The molecule has 0 aliphatic carbocycles. The Bertz CT molecular complexity index is 302. The minimum atomic E-state index is 0.734. The summed E-state index contributed by atoms with van der Waals surface area (Å²) in [5.74, 6) is 0.884. The van der Waals surface area contributed by atoms with Crippen molar-refractivity contribution in [3.8, 4) is 5.75 Å². The van der Waals surface area contributed by atoms with Crippen molar-refractivity contribution in [2.24, 2.45) is 0 Å². The molecular formula is C12H18ClNO. The topological polar surface area (TPSA) is 21.3 Å². The van der Waals surface area contributed by atoms with Crippen molar-refractivity contribution in [3.63, 3.8) is 0 Å². The molecule has 0 aliphatic rings. The van der Waals surface area contributed by atoms with E-state index in [0.29, 0.717) is 0 Å². The molecule has 84 valence electrons. The quantitative estimate of drug-likeness (QED) is 0.795. The fourth-order valence-corrected chi connectivity index (χ4v) is 1.41. The molecule has 0 bridgehead atoms. The number of halogens is 1. The van der Waals surface area contributed by atoms with Crippen molar-refractivity contribution < 1.29 is 4.74 Å². The Labute approximate surface area is 96.6 Å². The van der Waals surface area contributed by atoms with Crippen LogP contribution in [0.5, 0.6) is 5.75 Å². The van der Waals surface area contributed by atoms with Gasteiger partial charge in [-0.3, -0.25) is 0 Å². The molecule has 15 heavy (non-hydrogen) atoms. The van der Waals surface area contributed by atoms with E-state index in [4.69, 9.17) is 16.3 Å². The Hall–Kier alpha value is -0.890. The number of nitrogens with one attached hydrogen (secondary N) is 1. The Balaban J connectivity index is 2.73. The van der Waals surface area contributed by atoms with Gasteiger partial charge in [-0.15, -0.1) is 0 Å². The summed E-state index contributed by atoms with van der Waals surface area (Å²) >= 11 is 5.93. The Morgan fingerprint density at radius 1 is 1.27 bits per heavy atom. The molecule has 0 saturated carbocycles. The van der Waals surface area contributed by atoms with Crippen molar-refractivity contribution in [3.05, 3.63) is 23.2 Å². The summed E-state index contributed by atoms with van der Waals surface area (Å²) in [4.78, 5) is 0. The molecule has 0 aliphatic heterocycles. The monoisotopic (exact) mass is 227 g/mol. The van der Waals surface area contributed by atoms with E-state index in [-0.39, 0.29) is 0 Å². The highest BCUT2D eigenvalue weighted by Gasteiger charge is 2.03. The molecule has 0 fully saturated rings. The van der Waals surface area contributed by atoms with Crippen LogP contribution in [0.3, 0.4) is 0 Å². The molecule has 0 unspecified atom stereocenters. The lowest BCUT2D eigenvalue weighted by Gasteiger charge is -2.12. The van der Waals surface area contributed by atoms with Gasteiger partial charge in [-0.1, -0.05) is 25.4 Å². The molecule has 1 rings (SSSR count). The van der Waals surface area contributed by atoms with Crippen LogP contribution in [0.1, 0.15) is 26.7 Å². The Morgan fingerprint density at radius 2 is 2.07 bits per heavy atom. The summed E-state index contributed by atoms with van der Waals surface area (Å²) in [5, 5.41) is 4.04. The summed E-state index contributed by atoms with van der Waals surface area (Å²) in [6.07, 6.45) is 2.09. The van der Waals surface area contributed by atoms with Gasteiger partial charge in [0.1, 0.15) is 5.75 Å². The van der Waals surface area contributed by atoms with Crippen molar-refractivity contribution in [1.82, 2.24) is 0 Å². The zero-order chi connectivity index (χ0) is 11.1. The van der Waals surface area contributed by atoms with Gasteiger partial charge in [0.15, 0.2) is 0 Å². The lowest BCUT2D eigenvalue weighted by molar-refractivity contribution is 0.319. The third kappa shape index (κ3) is 4.00. The molecule has 0 amide bonds. The second-order valence-electron chi connectivity index (χ2n) is 3.42. The number of benzene rings is 1. The number of hydrogen-bond donors (Lipinski definition) is 1. The third-order valence-corrected chi connectivity index (χ3v) is 2.20. The minimum Gasteiger partial charge on any atom is -0.491 e. The van der Waals surface area contributed by atoms with Gasteiger partial charge >= 0.3 is 0 Å². The molecule has 3 heteroatoms. The van der Waals surface area contributed by atoms with Gasteiger partial charge in [0.25, 0.3) is 0 Å². The van der Waals surface area contributed by atoms with Gasteiger partial charge in [0.05, 0.1) is 12.3 Å². The average Bonchev–Trinajstić information content (AvgIpc) is 2.25. The molecule has 0 atom stereocenters. The molecule has 0 radical (unpaired) electrons. The largest absolute Gasteiger partial charge is 0.491 e. The van der Waals surface area contributed by atoms with Crippen LogP contribution in [0, 0.1) is 0 Å². The number of anilines is 1.